The number of hydrogen-bond donors (Lipinski definition) is 0. The summed E-state index contributed by atoms with van der Waals surface area (Å²) in [6, 6.07) is 10.6. The summed E-state index contributed by atoms with van der Waals surface area (Å²) >= 11 is 0. The fraction of sp³-hybridized carbons (Fsp3) is 0.368. The maximum atomic E-state index is 13.0. The lowest BCUT2D eigenvalue weighted by Gasteiger charge is -2.34. The van der Waals surface area contributed by atoms with Crippen molar-refractivity contribution in [1.29, 1.82) is 0 Å². The average Bonchev–Trinajstić information content (AvgIpc) is 3.17. The second kappa shape index (κ2) is 5.65. The van der Waals surface area contributed by atoms with Crippen molar-refractivity contribution in [2.45, 2.75) is 43.7 Å². The van der Waals surface area contributed by atoms with Gasteiger partial charge in [-0.1, -0.05) is 30.3 Å². The van der Waals surface area contributed by atoms with Crippen molar-refractivity contribution in [2.24, 2.45) is 0 Å². The molecular weight excluding hydrogens is 314 g/mol. The molecule has 0 spiro atoms. The predicted octanol–water partition coefficient (Wildman–Crippen LogP) is 2.49. The molecule has 0 unspecified atom stereocenters. The minimum absolute atomic E-state index is 0.0362. The Morgan fingerprint density at radius 2 is 1.76 bits per heavy atom. The number of aryl methyl sites for hydroxylation is 1. The van der Waals surface area contributed by atoms with Gasteiger partial charge in [-0.05, 0) is 36.3 Å². The van der Waals surface area contributed by atoms with Crippen molar-refractivity contribution in [1.82, 2.24) is 24.3 Å². The Morgan fingerprint density at radius 1 is 1.00 bits per heavy atom. The topological polar surface area (TPSA) is 65.6 Å². The summed E-state index contributed by atoms with van der Waals surface area (Å²) in [7, 11) is 0. The highest BCUT2D eigenvalue weighted by Gasteiger charge is 2.37. The minimum atomic E-state index is 0.0362. The van der Waals surface area contributed by atoms with Crippen LogP contribution in [-0.4, -0.2) is 24.3 Å². The van der Waals surface area contributed by atoms with E-state index in [0.717, 1.165) is 37.1 Å². The summed E-state index contributed by atoms with van der Waals surface area (Å²) in [6.45, 7) is 0. The molecule has 6 heteroatoms. The van der Waals surface area contributed by atoms with Crippen molar-refractivity contribution in [3.05, 3.63) is 76.5 Å². The van der Waals surface area contributed by atoms with Crippen molar-refractivity contribution < 1.29 is 0 Å². The molecule has 126 valence electrons. The summed E-state index contributed by atoms with van der Waals surface area (Å²) < 4.78 is 3.61. The van der Waals surface area contributed by atoms with Gasteiger partial charge in [0.25, 0.3) is 0 Å². The quantitative estimate of drug-likeness (QED) is 0.739. The van der Waals surface area contributed by atoms with E-state index in [1.54, 1.807) is 11.0 Å². The van der Waals surface area contributed by atoms with E-state index in [0.29, 0.717) is 5.92 Å². The monoisotopic (exact) mass is 333 g/mol. The van der Waals surface area contributed by atoms with Gasteiger partial charge in [-0.2, -0.15) is 5.10 Å². The molecule has 1 aliphatic heterocycles. The second-order valence-electron chi connectivity index (χ2n) is 6.97. The van der Waals surface area contributed by atoms with Crippen molar-refractivity contribution >= 4 is 0 Å². The molecule has 1 aromatic carbocycles. The molecule has 1 aliphatic carbocycles. The maximum Gasteiger partial charge on any atom is 0.346 e. The zero-order valence-electron chi connectivity index (χ0n) is 13.8. The van der Waals surface area contributed by atoms with E-state index in [-0.39, 0.29) is 17.8 Å². The van der Waals surface area contributed by atoms with Crippen LogP contribution in [0.15, 0.2) is 53.8 Å². The molecule has 5 rings (SSSR count). The van der Waals surface area contributed by atoms with Crippen LogP contribution in [0.1, 0.15) is 54.2 Å². The van der Waals surface area contributed by atoms with Gasteiger partial charge in [-0.25, -0.2) is 19.4 Å². The van der Waals surface area contributed by atoms with Crippen LogP contribution in [-0.2, 0) is 6.42 Å². The lowest BCUT2D eigenvalue weighted by molar-refractivity contribution is 0.236. The highest BCUT2D eigenvalue weighted by atomic mass is 16.2. The van der Waals surface area contributed by atoms with Gasteiger partial charge >= 0.3 is 5.69 Å². The van der Waals surface area contributed by atoms with Crippen molar-refractivity contribution in [3.63, 3.8) is 0 Å². The molecule has 3 aromatic rings. The van der Waals surface area contributed by atoms with Gasteiger partial charge in [0.2, 0.25) is 0 Å². The van der Waals surface area contributed by atoms with E-state index in [2.05, 4.69) is 27.2 Å². The maximum absolute atomic E-state index is 13.0. The van der Waals surface area contributed by atoms with E-state index >= 15 is 0 Å². The smallest absolute Gasteiger partial charge is 0.271 e. The third-order valence-corrected chi connectivity index (χ3v) is 5.55. The van der Waals surface area contributed by atoms with Crippen molar-refractivity contribution in [2.75, 3.05) is 0 Å². The van der Waals surface area contributed by atoms with Gasteiger partial charge in [0.15, 0.2) is 0 Å². The number of nitrogens with zero attached hydrogens (tertiary/aromatic N) is 5. The molecule has 0 bridgehead atoms. The third kappa shape index (κ3) is 2.32. The van der Waals surface area contributed by atoms with Gasteiger partial charge < -0.3 is 0 Å². The highest BCUT2D eigenvalue weighted by Crippen LogP contribution is 2.43. The Hall–Kier alpha value is -2.76. The summed E-state index contributed by atoms with van der Waals surface area (Å²) in [5, 5.41) is 4.65. The standard InChI is InChI=1S/C19H19N5O/c25-19-23-17(13-4-2-1-3-5-13)6-7-18(23)22-24(19)16-8-14(9-16)15-10-20-12-21-11-15/h1-5,10-12,14,16-17H,6-9H2/t14?,16?,17-/m0/s1. The normalized spacial score (nSPS) is 24.7. The van der Waals surface area contributed by atoms with Crippen LogP contribution < -0.4 is 5.69 Å². The summed E-state index contributed by atoms with van der Waals surface area (Å²) in [4.78, 5) is 21.1. The third-order valence-electron chi connectivity index (χ3n) is 5.55. The average molecular weight is 333 g/mol. The van der Waals surface area contributed by atoms with Gasteiger partial charge in [-0.15, -0.1) is 0 Å². The van der Waals surface area contributed by atoms with E-state index < -0.39 is 0 Å². The molecule has 1 saturated carbocycles. The van der Waals surface area contributed by atoms with E-state index in [9.17, 15) is 4.79 Å². The van der Waals surface area contributed by atoms with Crippen LogP contribution >= 0.6 is 0 Å². The number of rotatable bonds is 3. The number of hydrogen-bond acceptors (Lipinski definition) is 4. The molecule has 2 aliphatic rings. The van der Waals surface area contributed by atoms with Crippen LogP contribution in [0.5, 0.6) is 0 Å². The zero-order chi connectivity index (χ0) is 16.8. The molecule has 1 fully saturated rings. The van der Waals surface area contributed by atoms with Gasteiger partial charge in [0.1, 0.15) is 12.2 Å². The number of benzene rings is 1. The van der Waals surface area contributed by atoms with Crippen LogP contribution in [0.4, 0.5) is 0 Å². The van der Waals surface area contributed by atoms with Crippen LogP contribution in [0.2, 0.25) is 0 Å². The molecule has 0 radical (unpaired) electrons. The van der Waals surface area contributed by atoms with Gasteiger partial charge in [0.05, 0.1) is 12.1 Å². The summed E-state index contributed by atoms with van der Waals surface area (Å²) in [5.74, 6) is 1.35. The molecular formula is C19H19N5O. The second-order valence-corrected chi connectivity index (χ2v) is 6.97. The molecule has 0 saturated heterocycles. The Labute approximate surface area is 145 Å². The first-order valence-electron chi connectivity index (χ1n) is 8.81. The molecule has 0 N–H and O–H groups in total. The Kier molecular flexibility index (Phi) is 3.29. The fourth-order valence-corrected chi connectivity index (χ4v) is 4.12. The highest BCUT2D eigenvalue weighted by molar-refractivity contribution is 5.23. The van der Waals surface area contributed by atoms with E-state index in [1.807, 2.05) is 35.2 Å². The van der Waals surface area contributed by atoms with Crippen LogP contribution in [0, 0.1) is 0 Å². The summed E-state index contributed by atoms with van der Waals surface area (Å²) in [6.07, 6.45) is 8.97. The zero-order valence-corrected chi connectivity index (χ0v) is 13.8. The molecule has 25 heavy (non-hydrogen) atoms. The molecule has 0 amide bonds. The number of aromatic nitrogens is 5. The SMILES string of the molecule is O=c1n(C2CC(c3cncnc3)C2)nc2n1[C@H](c1ccccc1)CC2. The predicted molar refractivity (Wildman–Crippen MR) is 92.4 cm³/mol. The van der Waals surface area contributed by atoms with E-state index in [4.69, 9.17) is 0 Å². The molecule has 3 heterocycles. The first-order chi connectivity index (χ1) is 12.3. The fourth-order valence-electron chi connectivity index (χ4n) is 4.12. The van der Waals surface area contributed by atoms with E-state index in [1.165, 1.54) is 5.56 Å². The van der Waals surface area contributed by atoms with Gasteiger partial charge in [-0.3, -0.25) is 4.57 Å². The Balaban J connectivity index is 1.40. The van der Waals surface area contributed by atoms with Crippen LogP contribution in [0.25, 0.3) is 0 Å². The lowest BCUT2D eigenvalue weighted by Crippen LogP contribution is -2.35. The Bertz CT molecular complexity index is 941. The number of fused-ring (bicyclic) bond motifs is 1. The first kappa shape index (κ1) is 14.6. The van der Waals surface area contributed by atoms with Gasteiger partial charge in [0, 0.05) is 18.8 Å². The first-order valence-corrected chi connectivity index (χ1v) is 8.81. The van der Waals surface area contributed by atoms with Crippen molar-refractivity contribution in [3.8, 4) is 0 Å². The lowest BCUT2D eigenvalue weighted by atomic mass is 9.77. The molecule has 2 aromatic heterocycles. The Morgan fingerprint density at radius 3 is 2.52 bits per heavy atom. The largest absolute Gasteiger partial charge is 0.346 e. The molecule has 1 atom stereocenters. The molecule has 6 nitrogen and oxygen atoms in total. The minimum Gasteiger partial charge on any atom is -0.271 e. The summed E-state index contributed by atoms with van der Waals surface area (Å²) in [5.41, 5.74) is 2.38. The van der Waals surface area contributed by atoms with Crippen LogP contribution in [0.3, 0.4) is 0 Å².